The summed E-state index contributed by atoms with van der Waals surface area (Å²) in [6.45, 7) is 0. The van der Waals surface area contributed by atoms with Crippen LogP contribution in [0.25, 0.3) is 11.3 Å². The van der Waals surface area contributed by atoms with Gasteiger partial charge < -0.3 is 10.8 Å². The Balaban J connectivity index is 2.57. The molecule has 0 aliphatic carbocycles. The molecular formula is C11H8ClN3O2. The van der Waals surface area contributed by atoms with E-state index in [0.717, 1.165) is 0 Å². The van der Waals surface area contributed by atoms with E-state index in [0.29, 0.717) is 22.0 Å². The Hall–Kier alpha value is -2.14. The molecule has 0 bridgehead atoms. The van der Waals surface area contributed by atoms with Gasteiger partial charge in [-0.2, -0.15) is 0 Å². The molecule has 17 heavy (non-hydrogen) atoms. The van der Waals surface area contributed by atoms with Crippen LogP contribution in [0.2, 0.25) is 5.02 Å². The summed E-state index contributed by atoms with van der Waals surface area (Å²) in [6.07, 6.45) is 1.37. The molecular weight excluding hydrogens is 242 g/mol. The number of nitrogens with two attached hydrogens (primary N) is 1. The van der Waals surface area contributed by atoms with Gasteiger partial charge in [0.25, 0.3) is 0 Å². The molecule has 0 aliphatic heterocycles. The Kier molecular flexibility index (Phi) is 2.93. The van der Waals surface area contributed by atoms with Crippen LogP contribution < -0.4 is 5.73 Å². The number of rotatable bonds is 2. The van der Waals surface area contributed by atoms with Gasteiger partial charge in [-0.05, 0) is 12.1 Å². The van der Waals surface area contributed by atoms with Gasteiger partial charge in [0.05, 0.1) is 16.4 Å². The fraction of sp³-hybridized carbons (Fsp3) is 0. The molecule has 2 rings (SSSR count). The summed E-state index contributed by atoms with van der Waals surface area (Å²) in [5.74, 6) is -1.46. The number of aromatic nitrogens is 2. The Morgan fingerprint density at radius 2 is 2.12 bits per heavy atom. The molecule has 0 aliphatic rings. The van der Waals surface area contributed by atoms with Crippen molar-refractivity contribution < 1.29 is 9.90 Å². The van der Waals surface area contributed by atoms with E-state index in [1.54, 1.807) is 24.3 Å². The van der Waals surface area contributed by atoms with Crippen molar-refractivity contribution >= 4 is 23.3 Å². The lowest BCUT2D eigenvalue weighted by molar-refractivity contribution is 0.0683. The van der Waals surface area contributed by atoms with Gasteiger partial charge in [0.15, 0.2) is 0 Å². The van der Waals surface area contributed by atoms with E-state index < -0.39 is 5.97 Å². The van der Waals surface area contributed by atoms with E-state index in [2.05, 4.69) is 9.97 Å². The number of nitrogen functional groups attached to an aromatic ring is 1. The maximum Gasteiger partial charge on any atom is 0.373 e. The number of aromatic carboxylic acids is 1. The third-order valence-electron chi connectivity index (χ3n) is 2.15. The molecule has 1 aromatic carbocycles. The molecule has 5 nitrogen and oxygen atoms in total. The van der Waals surface area contributed by atoms with Crippen LogP contribution in [-0.2, 0) is 0 Å². The van der Waals surface area contributed by atoms with Gasteiger partial charge in [-0.15, -0.1) is 0 Å². The number of carboxylic acids is 1. The maximum absolute atomic E-state index is 10.8. The lowest BCUT2D eigenvalue weighted by Gasteiger charge is -2.05. The summed E-state index contributed by atoms with van der Waals surface area (Å²) < 4.78 is 0. The standard InChI is InChI=1S/C11H8ClN3O2/c12-9-6(2-1-3-7(9)13)8-4-5-14-10(15-8)11(16)17/h1-5H,13H2,(H,16,17). The highest BCUT2D eigenvalue weighted by Crippen LogP contribution is 2.30. The van der Waals surface area contributed by atoms with Crippen molar-refractivity contribution in [2.45, 2.75) is 0 Å². The molecule has 3 N–H and O–H groups in total. The molecule has 86 valence electrons. The summed E-state index contributed by atoms with van der Waals surface area (Å²) in [4.78, 5) is 18.3. The van der Waals surface area contributed by atoms with E-state index in [9.17, 15) is 4.79 Å². The van der Waals surface area contributed by atoms with Crippen molar-refractivity contribution in [2.24, 2.45) is 0 Å². The SMILES string of the molecule is Nc1cccc(-c2ccnc(C(=O)O)n2)c1Cl. The Morgan fingerprint density at radius 3 is 2.82 bits per heavy atom. The number of carbonyl (C=O) groups is 1. The molecule has 0 amide bonds. The Morgan fingerprint density at radius 1 is 1.35 bits per heavy atom. The minimum absolute atomic E-state index is 0.277. The number of halogens is 1. The first kappa shape index (κ1) is 11.3. The van der Waals surface area contributed by atoms with Gasteiger partial charge in [-0.25, -0.2) is 14.8 Å². The molecule has 1 heterocycles. The van der Waals surface area contributed by atoms with Gasteiger partial charge in [0.2, 0.25) is 5.82 Å². The van der Waals surface area contributed by atoms with Crippen LogP contribution in [-0.4, -0.2) is 21.0 Å². The molecule has 0 radical (unpaired) electrons. The molecule has 0 unspecified atom stereocenters. The summed E-state index contributed by atoms with van der Waals surface area (Å²) >= 11 is 6.03. The van der Waals surface area contributed by atoms with Crippen LogP contribution in [0, 0.1) is 0 Å². The summed E-state index contributed by atoms with van der Waals surface area (Å²) in [5.41, 5.74) is 7.09. The van der Waals surface area contributed by atoms with Crippen molar-refractivity contribution in [3.05, 3.63) is 41.3 Å². The number of anilines is 1. The predicted octanol–water partition coefficient (Wildman–Crippen LogP) is 2.08. The zero-order valence-electron chi connectivity index (χ0n) is 8.59. The van der Waals surface area contributed by atoms with Crippen molar-refractivity contribution in [1.82, 2.24) is 9.97 Å². The highest BCUT2D eigenvalue weighted by Gasteiger charge is 2.11. The largest absolute Gasteiger partial charge is 0.475 e. The first-order valence-electron chi connectivity index (χ1n) is 4.70. The predicted molar refractivity (Wildman–Crippen MR) is 63.8 cm³/mol. The van der Waals surface area contributed by atoms with Crippen molar-refractivity contribution in [2.75, 3.05) is 5.73 Å². The number of benzene rings is 1. The van der Waals surface area contributed by atoms with E-state index in [-0.39, 0.29) is 5.82 Å². The lowest BCUT2D eigenvalue weighted by atomic mass is 10.1. The van der Waals surface area contributed by atoms with Crippen molar-refractivity contribution in [1.29, 1.82) is 0 Å². The van der Waals surface area contributed by atoms with Gasteiger partial charge in [0.1, 0.15) is 0 Å². The van der Waals surface area contributed by atoms with Gasteiger partial charge in [0, 0.05) is 11.8 Å². The normalized spacial score (nSPS) is 10.2. The summed E-state index contributed by atoms with van der Waals surface area (Å²) in [7, 11) is 0. The zero-order valence-corrected chi connectivity index (χ0v) is 9.35. The highest BCUT2D eigenvalue weighted by molar-refractivity contribution is 6.35. The van der Waals surface area contributed by atoms with Crippen LogP contribution in [0.5, 0.6) is 0 Å². The summed E-state index contributed by atoms with van der Waals surface area (Å²) in [6, 6.07) is 6.67. The number of carboxylic acid groups (broad SMARTS) is 1. The van der Waals surface area contributed by atoms with Crippen molar-refractivity contribution in [3.8, 4) is 11.3 Å². The van der Waals surface area contributed by atoms with Crippen LogP contribution in [0.3, 0.4) is 0 Å². The van der Waals surface area contributed by atoms with E-state index in [4.69, 9.17) is 22.4 Å². The molecule has 6 heteroatoms. The Labute approximate surface area is 102 Å². The third kappa shape index (κ3) is 2.19. The average Bonchev–Trinajstić information content (AvgIpc) is 2.33. The molecule has 0 spiro atoms. The Bertz CT molecular complexity index is 587. The maximum atomic E-state index is 10.8. The molecule has 1 aromatic heterocycles. The van der Waals surface area contributed by atoms with Crippen LogP contribution in [0.1, 0.15) is 10.6 Å². The van der Waals surface area contributed by atoms with Crippen LogP contribution in [0.4, 0.5) is 5.69 Å². The number of hydrogen-bond donors (Lipinski definition) is 2. The quantitative estimate of drug-likeness (QED) is 0.796. The fourth-order valence-electron chi connectivity index (χ4n) is 1.36. The second kappa shape index (κ2) is 4.39. The minimum Gasteiger partial charge on any atom is -0.475 e. The zero-order chi connectivity index (χ0) is 12.4. The van der Waals surface area contributed by atoms with E-state index in [1.165, 1.54) is 6.20 Å². The highest BCUT2D eigenvalue weighted by atomic mass is 35.5. The molecule has 0 fully saturated rings. The van der Waals surface area contributed by atoms with Gasteiger partial charge in [-0.3, -0.25) is 0 Å². The summed E-state index contributed by atoms with van der Waals surface area (Å²) in [5, 5.41) is 9.15. The third-order valence-corrected chi connectivity index (χ3v) is 2.57. The second-order valence-corrected chi connectivity index (χ2v) is 3.66. The van der Waals surface area contributed by atoms with E-state index in [1.807, 2.05) is 0 Å². The van der Waals surface area contributed by atoms with E-state index >= 15 is 0 Å². The van der Waals surface area contributed by atoms with Crippen molar-refractivity contribution in [3.63, 3.8) is 0 Å². The van der Waals surface area contributed by atoms with Crippen LogP contribution in [0.15, 0.2) is 30.5 Å². The first-order chi connectivity index (χ1) is 8.09. The average molecular weight is 250 g/mol. The number of nitrogens with zero attached hydrogens (tertiary/aromatic N) is 2. The fourth-order valence-corrected chi connectivity index (χ4v) is 1.58. The monoisotopic (exact) mass is 249 g/mol. The topological polar surface area (TPSA) is 89.1 Å². The number of hydrogen-bond acceptors (Lipinski definition) is 4. The second-order valence-electron chi connectivity index (χ2n) is 3.28. The smallest absolute Gasteiger partial charge is 0.373 e. The lowest BCUT2D eigenvalue weighted by Crippen LogP contribution is -2.04. The molecule has 2 aromatic rings. The molecule has 0 atom stereocenters. The van der Waals surface area contributed by atoms with Gasteiger partial charge in [-0.1, -0.05) is 23.7 Å². The first-order valence-corrected chi connectivity index (χ1v) is 5.08. The molecule has 0 saturated heterocycles. The molecule has 0 saturated carbocycles. The van der Waals surface area contributed by atoms with Gasteiger partial charge >= 0.3 is 5.97 Å². The minimum atomic E-state index is -1.19. The van der Waals surface area contributed by atoms with Crippen LogP contribution >= 0.6 is 11.6 Å².